The van der Waals surface area contributed by atoms with Crippen molar-refractivity contribution in [3.63, 3.8) is 0 Å². The second kappa shape index (κ2) is 4.12. The number of halogens is 2. The molecule has 2 aromatic rings. The van der Waals surface area contributed by atoms with Crippen molar-refractivity contribution in [3.05, 3.63) is 24.0 Å². The predicted octanol–water partition coefficient (Wildman–Crippen LogP) is 2.61. The van der Waals surface area contributed by atoms with Crippen LogP contribution in [0.5, 0.6) is 0 Å². The highest BCUT2D eigenvalue weighted by atomic mass is 35.5. The van der Waals surface area contributed by atoms with Crippen LogP contribution >= 0.6 is 22.9 Å². The minimum atomic E-state index is -0.393. The Morgan fingerprint density at radius 2 is 2.40 bits per heavy atom. The summed E-state index contributed by atoms with van der Waals surface area (Å²) in [6, 6.07) is 4.67. The van der Waals surface area contributed by atoms with Crippen LogP contribution in [0, 0.1) is 5.82 Å². The number of aromatic nitrogens is 1. The van der Waals surface area contributed by atoms with Crippen LogP contribution in [0.4, 0.5) is 9.52 Å². The van der Waals surface area contributed by atoms with E-state index in [9.17, 15) is 9.18 Å². The van der Waals surface area contributed by atoms with E-state index in [1.165, 1.54) is 17.4 Å². The highest BCUT2D eigenvalue weighted by Crippen LogP contribution is 2.27. The van der Waals surface area contributed by atoms with Gasteiger partial charge in [0.25, 0.3) is 0 Å². The molecule has 0 atom stereocenters. The van der Waals surface area contributed by atoms with Gasteiger partial charge in [0.05, 0.1) is 4.70 Å². The molecular weight excluding hydrogens is 239 g/mol. The Bertz CT molecular complexity index is 514. The molecule has 3 nitrogen and oxygen atoms in total. The van der Waals surface area contributed by atoms with E-state index in [1.807, 2.05) is 0 Å². The van der Waals surface area contributed by atoms with Crippen molar-refractivity contribution in [2.24, 2.45) is 0 Å². The average Bonchev–Trinajstić information content (AvgIpc) is 2.62. The summed E-state index contributed by atoms with van der Waals surface area (Å²) in [6.07, 6.45) is 0. The number of alkyl halides is 1. The molecule has 1 N–H and O–H groups in total. The Labute approximate surface area is 93.9 Å². The van der Waals surface area contributed by atoms with E-state index < -0.39 is 5.82 Å². The van der Waals surface area contributed by atoms with Crippen LogP contribution < -0.4 is 5.32 Å². The van der Waals surface area contributed by atoms with Crippen LogP contribution in [0.25, 0.3) is 10.2 Å². The van der Waals surface area contributed by atoms with Gasteiger partial charge in [-0.25, -0.2) is 9.37 Å². The van der Waals surface area contributed by atoms with Gasteiger partial charge in [0.15, 0.2) is 5.13 Å². The third-order valence-corrected chi connectivity index (χ3v) is 2.92. The second-order valence-corrected chi connectivity index (χ2v) is 4.09. The first kappa shape index (κ1) is 10.3. The highest BCUT2D eigenvalue weighted by Gasteiger charge is 2.09. The molecule has 1 heterocycles. The smallest absolute Gasteiger partial charge is 0.241 e. The van der Waals surface area contributed by atoms with E-state index >= 15 is 0 Å². The number of amides is 1. The molecule has 0 saturated heterocycles. The predicted molar refractivity (Wildman–Crippen MR) is 58.9 cm³/mol. The quantitative estimate of drug-likeness (QED) is 0.825. The molecule has 1 amide bonds. The van der Waals surface area contributed by atoms with Gasteiger partial charge >= 0.3 is 0 Å². The normalized spacial score (nSPS) is 10.5. The number of fused-ring (bicyclic) bond motifs is 1. The molecule has 0 fully saturated rings. The Balaban J connectivity index is 2.39. The fourth-order valence-corrected chi connectivity index (χ4v) is 2.08. The van der Waals surface area contributed by atoms with Crippen LogP contribution in [-0.2, 0) is 4.79 Å². The van der Waals surface area contributed by atoms with Crippen LogP contribution in [0.2, 0.25) is 0 Å². The molecule has 0 bridgehead atoms. The second-order valence-electron chi connectivity index (χ2n) is 2.79. The summed E-state index contributed by atoms with van der Waals surface area (Å²) in [6.45, 7) is 0. The lowest BCUT2D eigenvalue weighted by molar-refractivity contribution is -0.113. The molecule has 1 aromatic heterocycles. The van der Waals surface area contributed by atoms with Crippen molar-refractivity contribution in [2.45, 2.75) is 0 Å². The number of carbonyl (C=O) groups is 1. The summed E-state index contributed by atoms with van der Waals surface area (Å²) in [4.78, 5) is 14.9. The molecule has 0 aliphatic heterocycles. The van der Waals surface area contributed by atoms with Gasteiger partial charge in [0, 0.05) is 0 Å². The van der Waals surface area contributed by atoms with E-state index in [0.29, 0.717) is 9.83 Å². The molecule has 2 rings (SSSR count). The number of hydrogen-bond donors (Lipinski definition) is 1. The van der Waals surface area contributed by atoms with Gasteiger partial charge < -0.3 is 5.32 Å². The number of para-hydroxylation sites is 1. The van der Waals surface area contributed by atoms with E-state index in [1.54, 1.807) is 12.1 Å². The summed E-state index contributed by atoms with van der Waals surface area (Å²) in [5.41, 5.74) is 0.271. The van der Waals surface area contributed by atoms with Crippen LogP contribution in [-0.4, -0.2) is 16.8 Å². The molecule has 0 aliphatic rings. The first-order valence-electron chi connectivity index (χ1n) is 4.11. The average molecular weight is 245 g/mol. The van der Waals surface area contributed by atoms with Crippen molar-refractivity contribution in [2.75, 3.05) is 11.2 Å². The fourth-order valence-electron chi connectivity index (χ4n) is 1.12. The molecule has 0 spiro atoms. The maximum atomic E-state index is 13.2. The fraction of sp³-hybridized carbons (Fsp3) is 0.111. The summed E-state index contributed by atoms with van der Waals surface area (Å²) < 4.78 is 13.9. The zero-order valence-corrected chi connectivity index (χ0v) is 9.03. The van der Waals surface area contributed by atoms with Crippen molar-refractivity contribution in [3.8, 4) is 0 Å². The first-order chi connectivity index (χ1) is 7.20. The molecule has 0 radical (unpaired) electrons. The molecule has 0 aliphatic carbocycles. The van der Waals surface area contributed by atoms with Crippen LogP contribution in [0.1, 0.15) is 0 Å². The van der Waals surface area contributed by atoms with Crippen LogP contribution in [0.3, 0.4) is 0 Å². The molecule has 15 heavy (non-hydrogen) atoms. The molecule has 0 saturated carbocycles. The molecule has 1 aromatic carbocycles. The zero-order valence-electron chi connectivity index (χ0n) is 7.46. The van der Waals surface area contributed by atoms with E-state index in [4.69, 9.17) is 11.6 Å². The largest absolute Gasteiger partial charge is 0.301 e. The Morgan fingerprint density at radius 3 is 3.07 bits per heavy atom. The van der Waals surface area contributed by atoms with Gasteiger partial charge in [0.2, 0.25) is 5.91 Å². The van der Waals surface area contributed by atoms with E-state index in [0.717, 1.165) is 0 Å². The third kappa shape index (κ3) is 2.08. The lowest BCUT2D eigenvalue weighted by atomic mass is 10.3. The van der Waals surface area contributed by atoms with Crippen molar-refractivity contribution in [1.82, 2.24) is 4.98 Å². The summed E-state index contributed by atoms with van der Waals surface area (Å²) in [5, 5.41) is 2.84. The Hall–Kier alpha value is -1.20. The molecule has 0 unspecified atom stereocenters. The lowest BCUT2D eigenvalue weighted by Gasteiger charge is -1.94. The number of nitrogens with one attached hydrogen (secondary N) is 1. The zero-order chi connectivity index (χ0) is 10.8. The van der Waals surface area contributed by atoms with Crippen molar-refractivity contribution < 1.29 is 9.18 Å². The summed E-state index contributed by atoms with van der Waals surface area (Å²) >= 11 is 6.54. The number of benzene rings is 1. The summed E-state index contributed by atoms with van der Waals surface area (Å²) in [5.74, 6) is -0.885. The number of carbonyl (C=O) groups excluding carboxylic acids is 1. The minimum Gasteiger partial charge on any atom is -0.301 e. The van der Waals surface area contributed by atoms with Crippen molar-refractivity contribution >= 4 is 44.2 Å². The number of thiazole rings is 1. The van der Waals surface area contributed by atoms with Crippen molar-refractivity contribution in [1.29, 1.82) is 0 Å². The maximum absolute atomic E-state index is 13.2. The highest BCUT2D eigenvalue weighted by molar-refractivity contribution is 7.22. The maximum Gasteiger partial charge on any atom is 0.241 e. The monoisotopic (exact) mass is 244 g/mol. The number of nitrogens with zero attached hydrogens (tertiary/aromatic N) is 1. The van der Waals surface area contributed by atoms with Crippen LogP contribution in [0.15, 0.2) is 18.2 Å². The molecular formula is C9H6ClFN2OS. The lowest BCUT2D eigenvalue weighted by Crippen LogP contribution is -2.12. The van der Waals surface area contributed by atoms with E-state index in [2.05, 4.69) is 10.3 Å². The van der Waals surface area contributed by atoms with Gasteiger partial charge in [-0.15, -0.1) is 11.6 Å². The third-order valence-electron chi connectivity index (χ3n) is 1.74. The number of anilines is 1. The van der Waals surface area contributed by atoms with Gasteiger partial charge in [-0.1, -0.05) is 17.4 Å². The number of hydrogen-bond acceptors (Lipinski definition) is 3. The van der Waals surface area contributed by atoms with Gasteiger partial charge in [-0.3, -0.25) is 4.79 Å². The van der Waals surface area contributed by atoms with E-state index in [-0.39, 0.29) is 17.3 Å². The summed E-state index contributed by atoms with van der Waals surface area (Å²) in [7, 11) is 0. The van der Waals surface area contributed by atoms with Gasteiger partial charge in [0.1, 0.15) is 17.2 Å². The Kier molecular flexibility index (Phi) is 2.83. The first-order valence-corrected chi connectivity index (χ1v) is 5.46. The Morgan fingerprint density at radius 1 is 1.60 bits per heavy atom. The molecule has 6 heteroatoms. The standard InChI is InChI=1S/C9H6ClFN2OS/c10-4-7(14)12-9-13-8-5(11)2-1-3-6(8)15-9/h1-3H,4H2,(H,12,13,14). The molecule has 78 valence electrons. The minimum absolute atomic E-state index is 0.140. The van der Waals surface area contributed by atoms with Gasteiger partial charge in [-0.2, -0.15) is 0 Å². The SMILES string of the molecule is O=C(CCl)Nc1nc2c(F)cccc2s1. The number of rotatable bonds is 2. The van der Waals surface area contributed by atoms with Gasteiger partial charge in [-0.05, 0) is 12.1 Å². The topological polar surface area (TPSA) is 42.0 Å².